The number of phenolic OH excluding ortho intramolecular Hbond substituents is 1. The van der Waals surface area contributed by atoms with Crippen molar-refractivity contribution in [2.45, 2.75) is 13.3 Å². The summed E-state index contributed by atoms with van der Waals surface area (Å²) in [6.07, 6.45) is 2.68. The molecule has 5 nitrogen and oxygen atoms in total. The second-order valence-corrected chi connectivity index (χ2v) is 5.80. The van der Waals surface area contributed by atoms with Crippen molar-refractivity contribution in [3.63, 3.8) is 0 Å². The van der Waals surface area contributed by atoms with E-state index in [1.165, 1.54) is 0 Å². The molecule has 0 saturated heterocycles. The maximum absolute atomic E-state index is 9.33. The van der Waals surface area contributed by atoms with Crippen molar-refractivity contribution in [1.82, 2.24) is 9.97 Å². The van der Waals surface area contributed by atoms with Gasteiger partial charge < -0.3 is 15.2 Å². The highest BCUT2D eigenvalue weighted by molar-refractivity contribution is 5.59. The van der Waals surface area contributed by atoms with Crippen LogP contribution < -0.4 is 10.1 Å². The molecular formula is C20H21N3O2. The molecule has 3 aromatic rings. The van der Waals surface area contributed by atoms with Crippen LogP contribution >= 0.6 is 0 Å². The van der Waals surface area contributed by atoms with Crippen LogP contribution in [0.25, 0.3) is 11.4 Å². The maximum Gasteiger partial charge on any atom is 0.161 e. The zero-order valence-corrected chi connectivity index (χ0v) is 14.4. The lowest BCUT2D eigenvalue weighted by atomic mass is 10.1. The Morgan fingerprint density at radius 2 is 1.76 bits per heavy atom. The predicted octanol–water partition coefficient (Wildman–Crippen LogP) is 3.82. The van der Waals surface area contributed by atoms with Crippen LogP contribution in [0.5, 0.6) is 11.5 Å². The summed E-state index contributed by atoms with van der Waals surface area (Å²) < 4.78 is 5.18. The van der Waals surface area contributed by atoms with Gasteiger partial charge >= 0.3 is 0 Å². The van der Waals surface area contributed by atoms with Gasteiger partial charge in [-0.25, -0.2) is 9.97 Å². The van der Waals surface area contributed by atoms with Crippen molar-refractivity contribution in [3.05, 3.63) is 65.9 Å². The van der Waals surface area contributed by atoms with Gasteiger partial charge in [0.1, 0.15) is 17.3 Å². The number of phenols is 1. The van der Waals surface area contributed by atoms with Crippen LogP contribution in [0.3, 0.4) is 0 Å². The molecule has 1 aromatic heterocycles. The van der Waals surface area contributed by atoms with Crippen molar-refractivity contribution in [3.8, 4) is 22.9 Å². The van der Waals surface area contributed by atoms with Crippen LogP contribution in [0, 0.1) is 6.92 Å². The van der Waals surface area contributed by atoms with Gasteiger partial charge in [-0.15, -0.1) is 0 Å². The molecule has 25 heavy (non-hydrogen) atoms. The molecule has 128 valence electrons. The fourth-order valence-corrected chi connectivity index (χ4v) is 2.49. The second-order valence-electron chi connectivity index (χ2n) is 5.80. The number of aromatic hydroxyl groups is 1. The first-order chi connectivity index (χ1) is 12.2. The third-order valence-electron chi connectivity index (χ3n) is 3.96. The van der Waals surface area contributed by atoms with E-state index in [2.05, 4.69) is 15.3 Å². The van der Waals surface area contributed by atoms with E-state index in [1.807, 2.05) is 49.5 Å². The summed E-state index contributed by atoms with van der Waals surface area (Å²) in [7, 11) is 1.65. The summed E-state index contributed by atoms with van der Waals surface area (Å²) in [5.41, 5.74) is 3.11. The highest BCUT2D eigenvalue weighted by Crippen LogP contribution is 2.21. The van der Waals surface area contributed by atoms with E-state index in [9.17, 15) is 5.11 Å². The standard InChI is InChI=1S/C20H21N3O2/c1-14-13-22-20(16-5-9-18(25-2)10-6-16)23-19(14)21-12-11-15-3-7-17(24)8-4-15/h3-10,13,24H,11-12H2,1-2H3,(H,21,22,23). The average molecular weight is 335 g/mol. The van der Waals surface area contributed by atoms with E-state index < -0.39 is 0 Å². The number of hydrogen-bond donors (Lipinski definition) is 2. The van der Waals surface area contributed by atoms with E-state index in [4.69, 9.17) is 4.74 Å². The molecule has 0 radical (unpaired) electrons. The van der Waals surface area contributed by atoms with Crippen molar-refractivity contribution < 1.29 is 9.84 Å². The lowest BCUT2D eigenvalue weighted by molar-refractivity contribution is 0.415. The zero-order chi connectivity index (χ0) is 17.6. The third-order valence-corrected chi connectivity index (χ3v) is 3.96. The van der Waals surface area contributed by atoms with Gasteiger partial charge in [-0.2, -0.15) is 0 Å². The van der Waals surface area contributed by atoms with Gasteiger partial charge in [0.25, 0.3) is 0 Å². The number of aromatic nitrogens is 2. The Kier molecular flexibility index (Phi) is 5.14. The van der Waals surface area contributed by atoms with E-state index in [0.29, 0.717) is 5.82 Å². The first-order valence-electron chi connectivity index (χ1n) is 8.15. The number of nitrogens with zero attached hydrogens (tertiary/aromatic N) is 2. The van der Waals surface area contributed by atoms with Gasteiger partial charge in [0.2, 0.25) is 0 Å². The summed E-state index contributed by atoms with van der Waals surface area (Å²) in [6, 6.07) is 14.9. The van der Waals surface area contributed by atoms with E-state index in [-0.39, 0.29) is 5.75 Å². The molecule has 3 rings (SSSR count). The first-order valence-corrected chi connectivity index (χ1v) is 8.15. The number of hydrogen-bond acceptors (Lipinski definition) is 5. The third kappa shape index (κ3) is 4.26. The highest BCUT2D eigenvalue weighted by atomic mass is 16.5. The predicted molar refractivity (Wildman–Crippen MR) is 99.1 cm³/mol. The number of nitrogens with one attached hydrogen (secondary N) is 1. The van der Waals surface area contributed by atoms with Crippen molar-refractivity contribution in [2.75, 3.05) is 19.0 Å². The number of benzene rings is 2. The number of rotatable bonds is 6. The lowest BCUT2D eigenvalue weighted by Crippen LogP contribution is -2.08. The van der Waals surface area contributed by atoms with Crippen molar-refractivity contribution in [1.29, 1.82) is 0 Å². The molecule has 0 amide bonds. The van der Waals surface area contributed by atoms with Gasteiger partial charge in [-0.3, -0.25) is 0 Å². The van der Waals surface area contributed by atoms with Crippen molar-refractivity contribution >= 4 is 5.82 Å². The molecule has 0 aliphatic carbocycles. The molecule has 0 atom stereocenters. The molecule has 0 spiro atoms. The van der Waals surface area contributed by atoms with E-state index in [0.717, 1.165) is 41.2 Å². The molecule has 0 bridgehead atoms. The first kappa shape index (κ1) is 16.8. The van der Waals surface area contributed by atoms with Crippen LogP contribution in [0.1, 0.15) is 11.1 Å². The van der Waals surface area contributed by atoms with Crippen LogP contribution in [-0.2, 0) is 6.42 Å². The lowest BCUT2D eigenvalue weighted by Gasteiger charge is -2.10. The molecule has 2 aromatic carbocycles. The second kappa shape index (κ2) is 7.66. The van der Waals surface area contributed by atoms with Gasteiger partial charge in [0.05, 0.1) is 7.11 Å². The van der Waals surface area contributed by atoms with Crippen LogP contribution in [0.15, 0.2) is 54.7 Å². The monoisotopic (exact) mass is 335 g/mol. The van der Waals surface area contributed by atoms with Crippen LogP contribution in [-0.4, -0.2) is 28.7 Å². The summed E-state index contributed by atoms with van der Waals surface area (Å²) in [4.78, 5) is 9.06. The Balaban J connectivity index is 1.69. The van der Waals surface area contributed by atoms with E-state index in [1.54, 1.807) is 19.2 Å². The van der Waals surface area contributed by atoms with Gasteiger partial charge in [0.15, 0.2) is 5.82 Å². The molecule has 5 heteroatoms. The minimum Gasteiger partial charge on any atom is -0.508 e. The Morgan fingerprint density at radius 1 is 1.04 bits per heavy atom. The van der Waals surface area contributed by atoms with E-state index >= 15 is 0 Å². The summed E-state index contributed by atoms with van der Waals surface area (Å²) in [6.45, 7) is 2.74. The fourth-order valence-electron chi connectivity index (χ4n) is 2.49. The Morgan fingerprint density at radius 3 is 2.44 bits per heavy atom. The molecule has 0 aliphatic heterocycles. The van der Waals surface area contributed by atoms with Crippen LogP contribution in [0.2, 0.25) is 0 Å². The largest absolute Gasteiger partial charge is 0.508 e. The number of methoxy groups -OCH3 is 1. The minimum atomic E-state index is 0.285. The summed E-state index contributed by atoms with van der Waals surface area (Å²) in [5.74, 6) is 2.61. The number of anilines is 1. The maximum atomic E-state index is 9.33. The zero-order valence-electron chi connectivity index (χ0n) is 14.4. The molecular weight excluding hydrogens is 314 g/mol. The smallest absolute Gasteiger partial charge is 0.161 e. The number of ether oxygens (including phenoxy) is 1. The van der Waals surface area contributed by atoms with Crippen molar-refractivity contribution in [2.24, 2.45) is 0 Å². The van der Waals surface area contributed by atoms with Gasteiger partial charge in [-0.1, -0.05) is 12.1 Å². The van der Waals surface area contributed by atoms with Crippen LogP contribution in [0.4, 0.5) is 5.82 Å². The topological polar surface area (TPSA) is 67.3 Å². The Hall–Kier alpha value is -3.08. The SMILES string of the molecule is COc1ccc(-c2ncc(C)c(NCCc3ccc(O)cc3)n2)cc1. The van der Waals surface area contributed by atoms with Gasteiger partial charge in [0, 0.05) is 23.9 Å². The fraction of sp³-hybridized carbons (Fsp3) is 0.200. The minimum absolute atomic E-state index is 0.285. The quantitative estimate of drug-likeness (QED) is 0.717. The molecule has 0 aliphatic rings. The average Bonchev–Trinajstić information content (AvgIpc) is 2.65. The Labute approximate surface area is 147 Å². The summed E-state index contributed by atoms with van der Waals surface area (Å²) >= 11 is 0. The molecule has 0 unspecified atom stereocenters. The molecule has 0 saturated carbocycles. The molecule has 1 heterocycles. The molecule has 2 N–H and O–H groups in total. The Bertz CT molecular complexity index is 831. The van der Waals surface area contributed by atoms with Gasteiger partial charge in [-0.05, 0) is 55.3 Å². The normalized spacial score (nSPS) is 10.5. The number of aryl methyl sites for hydroxylation is 1. The summed E-state index contributed by atoms with van der Waals surface area (Å²) in [5, 5.41) is 12.7. The highest BCUT2D eigenvalue weighted by Gasteiger charge is 2.06. The molecule has 0 fully saturated rings.